The molecule has 1 amide bonds. The molecule has 130 valence electrons. The molecular formula is C14H10F3N5O3. The van der Waals surface area contributed by atoms with Crippen molar-refractivity contribution in [1.29, 1.82) is 0 Å². The summed E-state index contributed by atoms with van der Waals surface area (Å²) in [5.41, 5.74) is 0.192. The van der Waals surface area contributed by atoms with E-state index in [1.165, 1.54) is 31.2 Å². The molecule has 0 spiro atoms. The first-order valence-corrected chi connectivity index (χ1v) is 6.85. The van der Waals surface area contributed by atoms with E-state index in [0.717, 1.165) is 11.0 Å². The molecule has 0 aliphatic heterocycles. The molecule has 8 nitrogen and oxygen atoms in total. The van der Waals surface area contributed by atoms with Gasteiger partial charge in [0.05, 0.1) is 11.9 Å². The lowest BCUT2D eigenvalue weighted by atomic mass is 10.3. The number of aromatic nitrogens is 4. The summed E-state index contributed by atoms with van der Waals surface area (Å²) in [5.74, 6) is -1.64. The Morgan fingerprint density at radius 1 is 1.32 bits per heavy atom. The van der Waals surface area contributed by atoms with E-state index in [1.54, 1.807) is 0 Å². The Hall–Kier alpha value is -3.37. The number of ether oxygens (including phenoxy) is 1. The van der Waals surface area contributed by atoms with Gasteiger partial charge in [0.2, 0.25) is 0 Å². The van der Waals surface area contributed by atoms with E-state index in [0.29, 0.717) is 5.69 Å². The van der Waals surface area contributed by atoms with Crippen molar-refractivity contribution in [2.24, 2.45) is 0 Å². The second-order valence-electron chi connectivity index (χ2n) is 4.75. The van der Waals surface area contributed by atoms with E-state index >= 15 is 0 Å². The highest BCUT2D eigenvalue weighted by Gasteiger charge is 2.22. The summed E-state index contributed by atoms with van der Waals surface area (Å²) in [4.78, 5) is 13.3. The molecule has 11 heteroatoms. The maximum atomic E-state index is 12.9. The highest BCUT2D eigenvalue weighted by Crippen LogP contribution is 2.28. The summed E-state index contributed by atoms with van der Waals surface area (Å²) in [6.07, 6.45) is 1.16. The summed E-state index contributed by atoms with van der Waals surface area (Å²) in [5, 5.41) is 13.5. The third-order valence-corrected chi connectivity index (χ3v) is 3.05. The van der Waals surface area contributed by atoms with E-state index in [1.807, 2.05) is 0 Å². The first-order chi connectivity index (χ1) is 11.9. The zero-order valence-electron chi connectivity index (χ0n) is 12.6. The van der Waals surface area contributed by atoms with Gasteiger partial charge in [0, 0.05) is 0 Å². The average molecular weight is 353 g/mol. The number of rotatable bonds is 5. The van der Waals surface area contributed by atoms with E-state index in [-0.39, 0.29) is 17.1 Å². The number of halogens is 3. The Bertz CT molecular complexity index is 892. The average Bonchev–Trinajstić information content (AvgIpc) is 3.17. The monoisotopic (exact) mass is 353 g/mol. The van der Waals surface area contributed by atoms with Crippen molar-refractivity contribution in [2.75, 3.05) is 5.32 Å². The van der Waals surface area contributed by atoms with Gasteiger partial charge >= 0.3 is 6.61 Å². The number of anilines is 1. The van der Waals surface area contributed by atoms with E-state index in [9.17, 15) is 18.0 Å². The van der Waals surface area contributed by atoms with Crippen LogP contribution in [0.1, 0.15) is 16.2 Å². The van der Waals surface area contributed by atoms with E-state index in [2.05, 4.69) is 25.4 Å². The Labute approximate surface area is 138 Å². The third-order valence-electron chi connectivity index (χ3n) is 3.05. The minimum atomic E-state index is -3.13. The first-order valence-electron chi connectivity index (χ1n) is 6.85. The standard InChI is InChI=1S/C14H10F3N5O3/c1-7-11(13(21-25-7)24-14(16)17)19-12(23)10-6-18-22(20-10)9-4-2-8(15)3-5-9/h2-6,14H,1H3,(H,19,23). The second kappa shape index (κ2) is 6.63. The van der Waals surface area contributed by atoms with Crippen molar-refractivity contribution in [3.63, 3.8) is 0 Å². The number of carbonyl (C=O) groups is 1. The van der Waals surface area contributed by atoms with Crippen LogP contribution in [0.2, 0.25) is 0 Å². The Morgan fingerprint density at radius 2 is 2.04 bits per heavy atom. The third kappa shape index (κ3) is 3.59. The van der Waals surface area contributed by atoms with Crippen LogP contribution in [-0.4, -0.2) is 32.7 Å². The molecule has 0 atom stereocenters. The van der Waals surface area contributed by atoms with Crippen LogP contribution in [0.15, 0.2) is 35.0 Å². The van der Waals surface area contributed by atoms with Gasteiger partial charge in [-0.05, 0) is 36.3 Å². The molecule has 0 bridgehead atoms. The van der Waals surface area contributed by atoms with Gasteiger partial charge in [-0.15, -0.1) is 5.10 Å². The van der Waals surface area contributed by atoms with Gasteiger partial charge in [0.15, 0.2) is 11.5 Å². The van der Waals surface area contributed by atoms with Crippen molar-refractivity contribution in [2.45, 2.75) is 13.5 Å². The summed E-state index contributed by atoms with van der Waals surface area (Å²) < 4.78 is 46.4. The van der Waals surface area contributed by atoms with Crippen LogP contribution in [0.3, 0.4) is 0 Å². The van der Waals surface area contributed by atoms with Crippen molar-refractivity contribution in [3.8, 4) is 11.6 Å². The van der Waals surface area contributed by atoms with Gasteiger partial charge in [-0.3, -0.25) is 4.79 Å². The van der Waals surface area contributed by atoms with Crippen LogP contribution >= 0.6 is 0 Å². The van der Waals surface area contributed by atoms with Crippen LogP contribution in [0.4, 0.5) is 18.9 Å². The smallest absolute Gasteiger partial charge is 0.388 e. The van der Waals surface area contributed by atoms with Crippen LogP contribution in [0, 0.1) is 12.7 Å². The number of hydrogen-bond donors (Lipinski definition) is 1. The van der Waals surface area contributed by atoms with Gasteiger partial charge in [0.1, 0.15) is 11.5 Å². The second-order valence-corrected chi connectivity index (χ2v) is 4.75. The van der Waals surface area contributed by atoms with Crippen molar-refractivity contribution >= 4 is 11.6 Å². The molecule has 0 radical (unpaired) electrons. The van der Waals surface area contributed by atoms with Crippen molar-refractivity contribution < 1.29 is 27.2 Å². The largest absolute Gasteiger partial charge is 0.412 e. The van der Waals surface area contributed by atoms with E-state index < -0.39 is 24.2 Å². The fourth-order valence-electron chi connectivity index (χ4n) is 1.90. The molecular weight excluding hydrogens is 343 g/mol. The fourth-order valence-corrected chi connectivity index (χ4v) is 1.90. The maximum absolute atomic E-state index is 12.9. The Balaban J connectivity index is 1.79. The van der Waals surface area contributed by atoms with E-state index in [4.69, 9.17) is 4.52 Å². The molecule has 1 aromatic carbocycles. The lowest BCUT2D eigenvalue weighted by molar-refractivity contribution is -0.0541. The number of nitrogens with zero attached hydrogens (tertiary/aromatic N) is 4. The molecule has 3 aromatic rings. The minimum Gasteiger partial charge on any atom is -0.412 e. The number of hydrogen-bond acceptors (Lipinski definition) is 6. The molecule has 0 saturated heterocycles. The van der Waals surface area contributed by atoms with Crippen LogP contribution in [-0.2, 0) is 0 Å². The molecule has 2 aromatic heterocycles. The maximum Gasteiger partial charge on any atom is 0.388 e. The Kier molecular flexibility index (Phi) is 4.37. The lowest BCUT2D eigenvalue weighted by Gasteiger charge is -2.04. The molecule has 3 rings (SSSR count). The summed E-state index contributed by atoms with van der Waals surface area (Å²) in [6, 6.07) is 5.28. The highest BCUT2D eigenvalue weighted by atomic mass is 19.3. The number of alkyl halides is 2. The quantitative estimate of drug-likeness (QED) is 0.757. The zero-order valence-corrected chi connectivity index (χ0v) is 12.6. The topological polar surface area (TPSA) is 95.1 Å². The van der Waals surface area contributed by atoms with Gasteiger partial charge in [-0.2, -0.15) is 18.7 Å². The molecule has 0 aliphatic rings. The molecule has 0 saturated carbocycles. The normalized spacial score (nSPS) is 10.9. The van der Waals surface area contributed by atoms with Crippen molar-refractivity contribution in [1.82, 2.24) is 20.2 Å². The predicted octanol–water partition coefficient (Wildman–Crippen LogP) is 2.56. The summed E-state index contributed by atoms with van der Waals surface area (Å²) in [7, 11) is 0. The molecule has 0 aliphatic carbocycles. The highest BCUT2D eigenvalue weighted by molar-refractivity contribution is 6.03. The number of amides is 1. The number of aryl methyl sites for hydroxylation is 1. The molecule has 0 fully saturated rings. The van der Waals surface area contributed by atoms with Gasteiger partial charge in [0.25, 0.3) is 11.8 Å². The van der Waals surface area contributed by atoms with Gasteiger partial charge in [-0.1, -0.05) is 0 Å². The summed E-state index contributed by atoms with van der Waals surface area (Å²) >= 11 is 0. The first kappa shape index (κ1) is 16.5. The minimum absolute atomic E-state index is 0.0786. The molecule has 2 heterocycles. The van der Waals surface area contributed by atoms with Crippen LogP contribution < -0.4 is 10.1 Å². The zero-order chi connectivity index (χ0) is 18.0. The lowest BCUT2D eigenvalue weighted by Crippen LogP contribution is -2.15. The molecule has 1 N–H and O–H groups in total. The van der Waals surface area contributed by atoms with Gasteiger partial charge in [-0.25, -0.2) is 4.39 Å². The SMILES string of the molecule is Cc1onc(OC(F)F)c1NC(=O)c1cnn(-c2ccc(F)cc2)n1. The van der Waals surface area contributed by atoms with Gasteiger partial charge < -0.3 is 14.6 Å². The Morgan fingerprint density at radius 3 is 2.72 bits per heavy atom. The van der Waals surface area contributed by atoms with Crippen LogP contribution in [0.25, 0.3) is 5.69 Å². The van der Waals surface area contributed by atoms with Crippen molar-refractivity contribution in [3.05, 3.63) is 47.7 Å². The molecule has 25 heavy (non-hydrogen) atoms. The van der Waals surface area contributed by atoms with Crippen LogP contribution in [0.5, 0.6) is 5.88 Å². The fraction of sp³-hybridized carbons (Fsp3) is 0.143. The number of nitrogens with one attached hydrogen (secondary N) is 1. The number of benzene rings is 1. The predicted molar refractivity (Wildman–Crippen MR) is 77.1 cm³/mol. The number of carbonyl (C=O) groups excluding carboxylic acids is 1. The molecule has 0 unspecified atom stereocenters. The summed E-state index contributed by atoms with van der Waals surface area (Å²) in [6.45, 7) is -1.71.